The van der Waals surface area contributed by atoms with E-state index in [0.29, 0.717) is 12.8 Å². The number of piperidine rings is 1. The zero-order chi connectivity index (χ0) is 15.6. The molecule has 1 aliphatic heterocycles. The van der Waals surface area contributed by atoms with Gasteiger partial charge in [-0.25, -0.2) is 4.98 Å². The van der Waals surface area contributed by atoms with Gasteiger partial charge in [0.1, 0.15) is 5.82 Å². The molecule has 1 aliphatic rings. The smallest absolute Gasteiger partial charge is 0.306 e. The Labute approximate surface area is 124 Å². The van der Waals surface area contributed by atoms with Crippen LogP contribution in [0.5, 0.6) is 0 Å². The van der Waals surface area contributed by atoms with Crippen molar-refractivity contribution in [1.82, 2.24) is 9.29 Å². The van der Waals surface area contributed by atoms with E-state index in [1.54, 1.807) is 13.0 Å². The number of rotatable bonds is 4. The number of nitrogens with zero attached hydrogens (tertiary/aromatic N) is 2. The van der Waals surface area contributed by atoms with E-state index in [9.17, 15) is 13.2 Å². The van der Waals surface area contributed by atoms with Crippen LogP contribution >= 0.6 is 0 Å². The quantitative estimate of drug-likeness (QED) is 0.868. The van der Waals surface area contributed by atoms with Gasteiger partial charge in [-0.15, -0.1) is 0 Å². The van der Waals surface area contributed by atoms with Crippen LogP contribution < -0.4 is 4.72 Å². The first kappa shape index (κ1) is 15.7. The van der Waals surface area contributed by atoms with Crippen molar-refractivity contribution in [1.29, 1.82) is 0 Å². The Morgan fingerprint density at radius 2 is 1.95 bits per heavy atom. The first-order chi connectivity index (χ1) is 9.78. The second-order valence-corrected chi connectivity index (χ2v) is 6.96. The molecule has 1 aromatic heterocycles. The largest absolute Gasteiger partial charge is 0.481 e. The van der Waals surface area contributed by atoms with Gasteiger partial charge in [0, 0.05) is 18.8 Å². The number of hydrogen-bond donors (Lipinski definition) is 2. The Hall–Kier alpha value is -1.67. The molecule has 0 amide bonds. The van der Waals surface area contributed by atoms with E-state index < -0.39 is 22.1 Å². The summed E-state index contributed by atoms with van der Waals surface area (Å²) in [6.45, 7) is 4.07. The molecule has 8 heteroatoms. The van der Waals surface area contributed by atoms with Crippen molar-refractivity contribution in [3.8, 4) is 0 Å². The Kier molecular flexibility index (Phi) is 4.48. The van der Waals surface area contributed by atoms with Crippen LogP contribution in [0.15, 0.2) is 12.1 Å². The predicted molar refractivity (Wildman–Crippen MR) is 78.2 cm³/mol. The summed E-state index contributed by atoms with van der Waals surface area (Å²) in [4.78, 5) is 15.0. The maximum Gasteiger partial charge on any atom is 0.306 e. The molecule has 1 aromatic rings. The number of anilines is 1. The fourth-order valence-electron chi connectivity index (χ4n) is 2.43. The van der Waals surface area contributed by atoms with Gasteiger partial charge < -0.3 is 5.11 Å². The van der Waals surface area contributed by atoms with Gasteiger partial charge in [0.25, 0.3) is 0 Å². The molecule has 0 radical (unpaired) electrons. The monoisotopic (exact) mass is 313 g/mol. The molecule has 0 aromatic carbocycles. The number of aryl methyl sites for hydroxylation is 2. The van der Waals surface area contributed by atoms with E-state index in [0.717, 1.165) is 11.3 Å². The van der Waals surface area contributed by atoms with Crippen LogP contribution in [0, 0.1) is 19.8 Å². The van der Waals surface area contributed by atoms with Crippen molar-refractivity contribution in [2.45, 2.75) is 26.7 Å². The van der Waals surface area contributed by atoms with E-state index in [-0.39, 0.29) is 18.9 Å². The standard InChI is InChI=1S/C13H19N3O4S/c1-9-7-10(2)14-12(8-9)15-21(19,20)16-5-3-11(4-6-16)13(17)18/h7-8,11H,3-6H2,1-2H3,(H,14,15)(H,17,18). The lowest BCUT2D eigenvalue weighted by atomic mass is 9.99. The molecule has 1 saturated heterocycles. The lowest BCUT2D eigenvalue weighted by Gasteiger charge is -2.29. The lowest BCUT2D eigenvalue weighted by molar-refractivity contribution is -0.142. The van der Waals surface area contributed by atoms with E-state index >= 15 is 0 Å². The number of aromatic nitrogens is 1. The van der Waals surface area contributed by atoms with Crippen molar-refractivity contribution < 1.29 is 18.3 Å². The highest BCUT2D eigenvalue weighted by Gasteiger charge is 2.31. The summed E-state index contributed by atoms with van der Waals surface area (Å²) in [5.41, 5.74) is 1.65. The minimum Gasteiger partial charge on any atom is -0.481 e. The molecule has 2 heterocycles. The van der Waals surface area contributed by atoms with Crippen molar-refractivity contribution >= 4 is 22.0 Å². The normalized spacial score (nSPS) is 17.6. The summed E-state index contributed by atoms with van der Waals surface area (Å²) in [5, 5.41) is 8.93. The number of carboxylic acid groups (broad SMARTS) is 1. The lowest BCUT2D eigenvalue weighted by Crippen LogP contribution is -2.43. The second kappa shape index (κ2) is 5.98. The minimum absolute atomic E-state index is 0.205. The van der Waals surface area contributed by atoms with Crippen molar-refractivity contribution in [2.75, 3.05) is 17.8 Å². The first-order valence-corrected chi connectivity index (χ1v) is 8.18. The van der Waals surface area contributed by atoms with Crippen LogP contribution in [0.2, 0.25) is 0 Å². The van der Waals surface area contributed by atoms with Crippen LogP contribution in [0.4, 0.5) is 5.82 Å². The fourth-order valence-corrected chi connectivity index (χ4v) is 3.62. The van der Waals surface area contributed by atoms with Crippen molar-refractivity contribution in [3.63, 3.8) is 0 Å². The fraction of sp³-hybridized carbons (Fsp3) is 0.538. The summed E-state index contributed by atoms with van der Waals surface area (Å²) in [7, 11) is -3.69. The SMILES string of the molecule is Cc1cc(C)nc(NS(=O)(=O)N2CCC(C(=O)O)CC2)c1. The van der Waals surface area contributed by atoms with Gasteiger partial charge in [0.2, 0.25) is 0 Å². The molecule has 0 spiro atoms. The second-order valence-electron chi connectivity index (χ2n) is 5.29. The number of aliphatic carboxylic acids is 1. The summed E-state index contributed by atoms with van der Waals surface area (Å²) in [5.74, 6) is -1.04. The summed E-state index contributed by atoms with van der Waals surface area (Å²) < 4.78 is 28.3. The van der Waals surface area contributed by atoms with Gasteiger partial charge in [-0.3, -0.25) is 9.52 Å². The molecule has 0 unspecified atom stereocenters. The minimum atomic E-state index is -3.69. The van der Waals surface area contributed by atoms with Crippen LogP contribution in [-0.4, -0.2) is 41.9 Å². The Balaban J connectivity index is 2.07. The third-order valence-electron chi connectivity index (χ3n) is 3.47. The molecular weight excluding hydrogens is 294 g/mol. The third kappa shape index (κ3) is 3.92. The van der Waals surface area contributed by atoms with Gasteiger partial charge in [0.05, 0.1) is 5.92 Å². The third-order valence-corrected chi connectivity index (χ3v) is 4.99. The number of hydrogen-bond acceptors (Lipinski definition) is 4. The molecule has 0 bridgehead atoms. The molecule has 0 saturated carbocycles. The van der Waals surface area contributed by atoms with Gasteiger partial charge in [-0.05, 0) is 44.4 Å². The number of carboxylic acids is 1. The first-order valence-electron chi connectivity index (χ1n) is 6.74. The van der Waals surface area contributed by atoms with Gasteiger partial charge in [0.15, 0.2) is 0 Å². The Morgan fingerprint density at radius 1 is 1.33 bits per heavy atom. The van der Waals surface area contributed by atoms with Crippen LogP contribution in [0.25, 0.3) is 0 Å². The Morgan fingerprint density at radius 3 is 2.48 bits per heavy atom. The average molecular weight is 313 g/mol. The van der Waals surface area contributed by atoms with E-state index in [1.165, 1.54) is 4.31 Å². The number of carbonyl (C=O) groups is 1. The van der Waals surface area contributed by atoms with Crippen LogP contribution in [0.3, 0.4) is 0 Å². The molecule has 0 aliphatic carbocycles. The van der Waals surface area contributed by atoms with E-state index in [2.05, 4.69) is 9.71 Å². The Bertz CT molecular complexity index is 617. The van der Waals surface area contributed by atoms with E-state index in [1.807, 2.05) is 13.0 Å². The molecule has 21 heavy (non-hydrogen) atoms. The molecular formula is C13H19N3O4S. The zero-order valence-corrected chi connectivity index (χ0v) is 12.9. The molecule has 2 rings (SSSR count). The average Bonchev–Trinajstić information content (AvgIpc) is 2.37. The summed E-state index contributed by atoms with van der Waals surface area (Å²) in [6, 6.07) is 3.52. The van der Waals surface area contributed by atoms with Crippen LogP contribution in [-0.2, 0) is 15.0 Å². The number of nitrogens with one attached hydrogen (secondary N) is 1. The van der Waals surface area contributed by atoms with Gasteiger partial charge in [-0.2, -0.15) is 12.7 Å². The highest BCUT2D eigenvalue weighted by molar-refractivity contribution is 7.90. The highest BCUT2D eigenvalue weighted by Crippen LogP contribution is 2.21. The highest BCUT2D eigenvalue weighted by atomic mass is 32.2. The molecule has 1 fully saturated rings. The molecule has 0 atom stereocenters. The molecule has 116 valence electrons. The van der Waals surface area contributed by atoms with Crippen molar-refractivity contribution in [3.05, 3.63) is 23.4 Å². The van der Waals surface area contributed by atoms with Crippen LogP contribution in [0.1, 0.15) is 24.1 Å². The topological polar surface area (TPSA) is 99.6 Å². The molecule has 2 N–H and O–H groups in total. The maximum atomic E-state index is 12.3. The summed E-state index contributed by atoms with van der Waals surface area (Å²) >= 11 is 0. The molecule has 7 nitrogen and oxygen atoms in total. The maximum absolute atomic E-state index is 12.3. The van der Waals surface area contributed by atoms with E-state index in [4.69, 9.17) is 5.11 Å². The zero-order valence-electron chi connectivity index (χ0n) is 12.0. The van der Waals surface area contributed by atoms with Gasteiger partial charge in [-0.1, -0.05) is 0 Å². The number of pyridine rings is 1. The van der Waals surface area contributed by atoms with Crippen molar-refractivity contribution in [2.24, 2.45) is 5.92 Å². The summed E-state index contributed by atoms with van der Waals surface area (Å²) in [6.07, 6.45) is 0.660. The van der Waals surface area contributed by atoms with Gasteiger partial charge >= 0.3 is 16.2 Å². The predicted octanol–water partition coefficient (Wildman–Crippen LogP) is 1.15.